The minimum Gasteiger partial charge on any atom is -0.478 e. The van der Waals surface area contributed by atoms with Gasteiger partial charge in [-0.3, -0.25) is 0 Å². The third-order valence-electron chi connectivity index (χ3n) is 2.49. The zero-order valence-corrected chi connectivity index (χ0v) is 9.83. The Labute approximate surface area is 109 Å². The molecule has 0 fully saturated rings. The number of anilines is 1. The third kappa shape index (κ3) is 2.64. The van der Waals surface area contributed by atoms with Crippen LogP contribution >= 0.6 is 0 Å². The molecule has 0 unspecified atom stereocenters. The SMILES string of the molecule is N#Cc1ccccc1Oc1ccc(N)c(C(=O)O)c1. The second-order valence-electron chi connectivity index (χ2n) is 3.76. The van der Waals surface area contributed by atoms with Crippen LogP contribution in [-0.2, 0) is 0 Å². The first-order chi connectivity index (χ1) is 9.11. The van der Waals surface area contributed by atoms with Crippen LogP contribution < -0.4 is 10.5 Å². The summed E-state index contributed by atoms with van der Waals surface area (Å²) in [5.41, 5.74) is 6.05. The maximum atomic E-state index is 11.0. The Morgan fingerprint density at radius 2 is 2.00 bits per heavy atom. The van der Waals surface area contributed by atoms with E-state index in [4.69, 9.17) is 20.8 Å². The first kappa shape index (κ1) is 12.5. The number of hydrogen-bond donors (Lipinski definition) is 2. The number of nitrogens with zero attached hydrogens (tertiary/aromatic N) is 1. The van der Waals surface area contributed by atoms with Crippen LogP contribution in [0.15, 0.2) is 42.5 Å². The fraction of sp³-hybridized carbons (Fsp3) is 0. The molecule has 3 N–H and O–H groups in total. The van der Waals surface area contributed by atoms with Gasteiger partial charge in [0, 0.05) is 5.69 Å². The highest BCUT2D eigenvalue weighted by Crippen LogP contribution is 2.27. The zero-order valence-electron chi connectivity index (χ0n) is 9.83. The molecule has 0 aromatic heterocycles. The summed E-state index contributed by atoms with van der Waals surface area (Å²) < 4.78 is 5.50. The number of carboxylic acid groups (broad SMARTS) is 1. The fourth-order valence-corrected chi connectivity index (χ4v) is 1.56. The van der Waals surface area contributed by atoms with Gasteiger partial charge in [0.15, 0.2) is 0 Å². The van der Waals surface area contributed by atoms with Gasteiger partial charge in [0.25, 0.3) is 0 Å². The largest absolute Gasteiger partial charge is 0.478 e. The number of nitriles is 1. The van der Waals surface area contributed by atoms with E-state index in [1.54, 1.807) is 30.3 Å². The number of carboxylic acids is 1. The summed E-state index contributed by atoms with van der Waals surface area (Å²) in [7, 11) is 0. The lowest BCUT2D eigenvalue weighted by molar-refractivity contribution is 0.0697. The second kappa shape index (κ2) is 5.10. The van der Waals surface area contributed by atoms with Gasteiger partial charge in [-0.1, -0.05) is 12.1 Å². The first-order valence-electron chi connectivity index (χ1n) is 5.41. The van der Waals surface area contributed by atoms with Gasteiger partial charge in [-0.2, -0.15) is 5.26 Å². The Balaban J connectivity index is 2.37. The van der Waals surface area contributed by atoms with E-state index >= 15 is 0 Å². The number of hydrogen-bond acceptors (Lipinski definition) is 4. The maximum Gasteiger partial charge on any atom is 0.337 e. The fourth-order valence-electron chi connectivity index (χ4n) is 1.56. The van der Waals surface area contributed by atoms with Gasteiger partial charge in [0.05, 0.1) is 11.1 Å². The molecule has 0 aliphatic rings. The zero-order chi connectivity index (χ0) is 13.8. The van der Waals surface area contributed by atoms with E-state index < -0.39 is 5.97 Å². The van der Waals surface area contributed by atoms with Gasteiger partial charge < -0.3 is 15.6 Å². The number of para-hydroxylation sites is 1. The highest BCUT2D eigenvalue weighted by atomic mass is 16.5. The molecule has 0 saturated heterocycles. The number of nitrogen functional groups attached to an aromatic ring is 1. The number of nitrogens with two attached hydrogens (primary N) is 1. The van der Waals surface area contributed by atoms with E-state index in [2.05, 4.69) is 0 Å². The average molecular weight is 254 g/mol. The lowest BCUT2D eigenvalue weighted by atomic mass is 10.1. The molecule has 0 aliphatic heterocycles. The minimum atomic E-state index is -1.13. The van der Waals surface area contributed by atoms with Crippen molar-refractivity contribution in [1.82, 2.24) is 0 Å². The second-order valence-corrected chi connectivity index (χ2v) is 3.76. The summed E-state index contributed by atoms with van der Waals surface area (Å²) in [6.07, 6.45) is 0. The molecule has 5 nitrogen and oxygen atoms in total. The van der Waals surface area contributed by atoms with Crippen molar-refractivity contribution >= 4 is 11.7 Å². The smallest absolute Gasteiger partial charge is 0.337 e. The van der Waals surface area contributed by atoms with Crippen molar-refractivity contribution in [2.24, 2.45) is 0 Å². The predicted molar refractivity (Wildman–Crippen MR) is 69.0 cm³/mol. The normalized spacial score (nSPS) is 9.63. The number of rotatable bonds is 3. The average Bonchev–Trinajstić information content (AvgIpc) is 2.41. The number of carbonyl (C=O) groups is 1. The first-order valence-corrected chi connectivity index (χ1v) is 5.41. The van der Waals surface area contributed by atoms with E-state index in [9.17, 15) is 4.79 Å². The standard InChI is InChI=1S/C14H10N2O3/c15-8-9-3-1-2-4-13(9)19-10-5-6-12(16)11(7-10)14(17)18/h1-7H,16H2,(H,17,18). The van der Waals surface area contributed by atoms with Crippen molar-refractivity contribution in [2.45, 2.75) is 0 Å². The van der Waals surface area contributed by atoms with Crippen LogP contribution in [-0.4, -0.2) is 11.1 Å². The van der Waals surface area contributed by atoms with Crippen molar-refractivity contribution in [3.8, 4) is 17.6 Å². The highest BCUT2D eigenvalue weighted by molar-refractivity contribution is 5.94. The van der Waals surface area contributed by atoms with Crippen LogP contribution in [0, 0.1) is 11.3 Å². The molecule has 5 heteroatoms. The number of ether oxygens (including phenoxy) is 1. The summed E-state index contributed by atoms with van der Waals surface area (Å²) in [6.45, 7) is 0. The molecule has 0 amide bonds. The van der Waals surface area contributed by atoms with E-state index in [0.717, 1.165) is 0 Å². The van der Waals surface area contributed by atoms with Crippen LogP contribution in [0.25, 0.3) is 0 Å². The van der Waals surface area contributed by atoms with Gasteiger partial charge in [-0.15, -0.1) is 0 Å². The topological polar surface area (TPSA) is 96.3 Å². The summed E-state index contributed by atoms with van der Waals surface area (Å²) in [6, 6.07) is 13.0. The summed E-state index contributed by atoms with van der Waals surface area (Å²) in [5.74, 6) is -0.447. The maximum absolute atomic E-state index is 11.0. The molecule has 0 saturated carbocycles. The number of benzene rings is 2. The van der Waals surface area contributed by atoms with Gasteiger partial charge in [0.2, 0.25) is 0 Å². The molecular weight excluding hydrogens is 244 g/mol. The Kier molecular flexibility index (Phi) is 3.35. The number of aromatic carboxylic acids is 1. The van der Waals surface area contributed by atoms with Crippen LogP contribution in [0.1, 0.15) is 15.9 Å². The van der Waals surface area contributed by atoms with Crippen molar-refractivity contribution in [3.05, 3.63) is 53.6 Å². The molecule has 2 aromatic carbocycles. The molecule has 94 valence electrons. The van der Waals surface area contributed by atoms with E-state index in [0.29, 0.717) is 17.1 Å². The molecular formula is C14H10N2O3. The van der Waals surface area contributed by atoms with E-state index in [1.165, 1.54) is 12.1 Å². The van der Waals surface area contributed by atoms with Gasteiger partial charge in [-0.05, 0) is 30.3 Å². The predicted octanol–water partition coefficient (Wildman–Crippen LogP) is 2.63. The molecule has 0 spiro atoms. The van der Waals surface area contributed by atoms with Gasteiger partial charge in [-0.25, -0.2) is 4.79 Å². The molecule has 0 aliphatic carbocycles. The monoisotopic (exact) mass is 254 g/mol. The van der Waals surface area contributed by atoms with Gasteiger partial charge >= 0.3 is 5.97 Å². The summed E-state index contributed by atoms with van der Waals surface area (Å²) in [5, 5.41) is 17.9. The summed E-state index contributed by atoms with van der Waals surface area (Å²) >= 11 is 0. The highest BCUT2D eigenvalue weighted by Gasteiger charge is 2.10. The molecule has 0 bridgehead atoms. The Hall–Kier alpha value is -3.00. The van der Waals surface area contributed by atoms with Crippen LogP contribution in [0.5, 0.6) is 11.5 Å². The molecule has 2 aromatic rings. The van der Waals surface area contributed by atoms with Crippen LogP contribution in [0.2, 0.25) is 0 Å². The molecule has 0 radical (unpaired) electrons. The van der Waals surface area contributed by atoms with Crippen molar-refractivity contribution in [2.75, 3.05) is 5.73 Å². The summed E-state index contributed by atoms with van der Waals surface area (Å²) in [4.78, 5) is 11.0. The lowest BCUT2D eigenvalue weighted by Crippen LogP contribution is -2.02. The van der Waals surface area contributed by atoms with Crippen molar-refractivity contribution in [1.29, 1.82) is 5.26 Å². The minimum absolute atomic E-state index is 0.0352. The Bertz CT molecular complexity index is 675. The van der Waals surface area contributed by atoms with Crippen LogP contribution in [0.3, 0.4) is 0 Å². The van der Waals surface area contributed by atoms with Crippen LogP contribution in [0.4, 0.5) is 5.69 Å². The molecule has 19 heavy (non-hydrogen) atoms. The van der Waals surface area contributed by atoms with E-state index in [-0.39, 0.29) is 11.3 Å². The molecule has 0 atom stereocenters. The Morgan fingerprint density at radius 1 is 1.26 bits per heavy atom. The quantitative estimate of drug-likeness (QED) is 0.820. The van der Waals surface area contributed by atoms with Gasteiger partial charge in [0.1, 0.15) is 17.6 Å². The third-order valence-corrected chi connectivity index (χ3v) is 2.49. The van der Waals surface area contributed by atoms with Crippen molar-refractivity contribution < 1.29 is 14.6 Å². The van der Waals surface area contributed by atoms with E-state index in [1.807, 2.05) is 6.07 Å². The van der Waals surface area contributed by atoms with Crippen molar-refractivity contribution in [3.63, 3.8) is 0 Å². The lowest BCUT2D eigenvalue weighted by Gasteiger charge is -2.08. The molecule has 2 rings (SSSR count). The Morgan fingerprint density at radius 3 is 2.68 bits per heavy atom. The molecule has 0 heterocycles.